The lowest BCUT2D eigenvalue weighted by Crippen LogP contribution is -2.49. The fraction of sp³-hybridized carbons (Fsp3) is 0.348. The number of fused-ring (bicyclic) bond motifs is 1. The van der Waals surface area contributed by atoms with Gasteiger partial charge >= 0.3 is 0 Å². The van der Waals surface area contributed by atoms with Crippen LogP contribution in [0.25, 0.3) is 10.9 Å². The molecule has 2 heterocycles. The van der Waals surface area contributed by atoms with E-state index in [4.69, 9.17) is 0 Å². The lowest BCUT2D eigenvalue weighted by Gasteiger charge is -2.39. The van der Waals surface area contributed by atoms with E-state index < -0.39 is 5.82 Å². The van der Waals surface area contributed by atoms with Crippen LogP contribution in [0.5, 0.6) is 5.88 Å². The fourth-order valence-corrected chi connectivity index (χ4v) is 3.94. The van der Waals surface area contributed by atoms with Crippen molar-refractivity contribution >= 4 is 28.5 Å². The number of aliphatic imine (C=N–C) groups is 1. The van der Waals surface area contributed by atoms with Crippen molar-refractivity contribution in [3.8, 4) is 5.88 Å². The maximum absolute atomic E-state index is 14.8. The smallest absolute Gasteiger partial charge is 0.198 e. The summed E-state index contributed by atoms with van der Waals surface area (Å²) in [4.78, 5) is 11.5. The first kappa shape index (κ1) is 20.3. The Kier molecular flexibility index (Phi) is 5.72. The summed E-state index contributed by atoms with van der Waals surface area (Å²) >= 11 is 0. The summed E-state index contributed by atoms with van der Waals surface area (Å²) in [6.45, 7) is 7.85. The van der Waals surface area contributed by atoms with Crippen molar-refractivity contribution in [2.45, 2.75) is 26.3 Å². The fourth-order valence-electron chi connectivity index (χ4n) is 3.94. The summed E-state index contributed by atoms with van der Waals surface area (Å²) in [7, 11) is 0. The van der Waals surface area contributed by atoms with E-state index in [9.17, 15) is 13.9 Å². The number of aromatic hydroxyl groups is 1. The van der Waals surface area contributed by atoms with Gasteiger partial charge in [0, 0.05) is 49.9 Å². The molecule has 1 aromatic heterocycles. The van der Waals surface area contributed by atoms with Crippen molar-refractivity contribution in [1.82, 2.24) is 9.88 Å². The molecule has 0 radical (unpaired) electrons. The molecular formula is C23H26F2N4O. The van der Waals surface area contributed by atoms with Gasteiger partial charge in [0.15, 0.2) is 5.88 Å². The van der Waals surface area contributed by atoms with E-state index in [1.807, 2.05) is 0 Å². The zero-order chi connectivity index (χ0) is 21.3. The second-order valence-corrected chi connectivity index (χ2v) is 7.75. The molecular weight excluding hydrogens is 386 g/mol. The quantitative estimate of drug-likeness (QED) is 0.591. The van der Waals surface area contributed by atoms with Crippen molar-refractivity contribution in [2.24, 2.45) is 4.99 Å². The van der Waals surface area contributed by atoms with Crippen molar-refractivity contribution in [3.63, 3.8) is 0 Å². The SMILES string of the molecule is CCC(C)N1CCN(c2ccc(N=Cc3c(O)[nH]c4cc(F)ccc34)cc2F)CC1. The van der Waals surface area contributed by atoms with Gasteiger partial charge in [-0.2, -0.15) is 0 Å². The largest absolute Gasteiger partial charge is 0.494 e. The van der Waals surface area contributed by atoms with Crippen molar-refractivity contribution < 1.29 is 13.9 Å². The number of piperazine rings is 1. The first-order valence-corrected chi connectivity index (χ1v) is 10.3. The average molecular weight is 412 g/mol. The molecule has 0 bridgehead atoms. The number of aromatic nitrogens is 1. The number of halogens is 2. The van der Waals surface area contributed by atoms with Crippen LogP contribution in [0.2, 0.25) is 0 Å². The summed E-state index contributed by atoms with van der Waals surface area (Å²) in [5, 5.41) is 10.7. The van der Waals surface area contributed by atoms with Crippen molar-refractivity contribution in [2.75, 3.05) is 31.1 Å². The Morgan fingerprint density at radius 2 is 1.90 bits per heavy atom. The lowest BCUT2D eigenvalue weighted by atomic mass is 10.1. The Balaban J connectivity index is 1.50. The standard InChI is InChI=1S/C23H26F2N4O/c1-3-15(2)28-8-10-29(11-9-28)22-7-5-17(13-20(22)25)26-14-19-18-6-4-16(24)12-21(18)27-23(19)30/h4-7,12-15,27,30H,3,8-11H2,1-2H3. The minimum absolute atomic E-state index is 0.101. The molecule has 158 valence electrons. The van der Waals surface area contributed by atoms with E-state index in [1.54, 1.807) is 18.2 Å². The number of benzene rings is 2. The molecule has 0 spiro atoms. The third-order valence-electron chi connectivity index (χ3n) is 5.92. The topological polar surface area (TPSA) is 54.9 Å². The third-order valence-corrected chi connectivity index (χ3v) is 5.92. The summed E-state index contributed by atoms with van der Waals surface area (Å²) in [6.07, 6.45) is 2.58. The number of H-pyrrole nitrogens is 1. The molecule has 3 aromatic rings. The Labute approximate surface area is 174 Å². The van der Waals surface area contributed by atoms with Gasteiger partial charge in [0.05, 0.1) is 22.5 Å². The predicted molar refractivity (Wildman–Crippen MR) is 117 cm³/mol. The van der Waals surface area contributed by atoms with Crippen LogP contribution >= 0.6 is 0 Å². The van der Waals surface area contributed by atoms with E-state index in [0.717, 1.165) is 32.6 Å². The van der Waals surface area contributed by atoms with Crippen molar-refractivity contribution in [3.05, 3.63) is 53.6 Å². The number of aromatic amines is 1. The molecule has 2 N–H and O–H groups in total. The highest BCUT2D eigenvalue weighted by Gasteiger charge is 2.22. The first-order chi connectivity index (χ1) is 14.5. The Morgan fingerprint density at radius 3 is 2.60 bits per heavy atom. The number of nitrogens with zero attached hydrogens (tertiary/aromatic N) is 3. The highest BCUT2D eigenvalue weighted by molar-refractivity contribution is 6.02. The Hall–Kier alpha value is -2.93. The highest BCUT2D eigenvalue weighted by Crippen LogP contribution is 2.29. The van der Waals surface area contributed by atoms with Gasteiger partial charge in [-0.3, -0.25) is 9.89 Å². The zero-order valence-corrected chi connectivity index (χ0v) is 17.2. The van der Waals surface area contributed by atoms with Crippen LogP contribution in [0.15, 0.2) is 41.4 Å². The monoisotopic (exact) mass is 412 g/mol. The van der Waals surface area contributed by atoms with E-state index in [2.05, 4.69) is 33.6 Å². The maximum atomic E-state index is 14.8. The van der Waals surface area contributed by atoms with Crippen LogP contribution < -0.4 is 4.90 Å². The minimum Gasteiger partial charge on any atom is -0.494 e. The molecule has 1 aliphatic heterocycles. The number of rotatable bonds is 5. The molecule has 7 heteroatoms. The summed E-state index contributed by atoms with van der Waals surface area (Å²) < 4.78 is 28.1. The summed E-state index contributed by atoms with van der Waals surface area (Å²) in [6, 6.07) is 9.67. The third kappa shape index (κ3) is 4.03. The van der Waals surface area contributed by atoms with Crippen LogP contribution in [0.1, 0.15) is 25.8 Å². The minimum atomic E-state index is -0.394. The van der Waals surface area contributed by atoms with Gasteiger partial charge in [0.2, 0.25) is 0 Å². The summed E-state index contributed by atoms with van der Waals surface area (Å²) in [5.74, 6) is -0.808. The Bertz CT molecular complexity index is 1070. The molecule has 0 saturated carbocycles. The Morgan fingerprint density at radius 1 is 1.13 bits per heavy atom. The molecule has 30 heavy (non-hydrogen) atoms. The van der Waals surface area contributed by atoms with Crippen LogP contribution in [-0.2, 0) is 0 Å². The van der Waals surface area contributed by atoms with Gasteiger partial charge in [-0.1, -0.05) is 6.92 Å². The van der Waals surface area contributed by atoms with Gasteiger partial charge in [0.1, 0.15) is 11.6 Å². The zero-order valence-electron chi connectivity index (χ0n) is 17.2. The molecule has 5 nitrogen and oxygen atoms in total. The highest BCUT2D eigenvalue weighted by atomic mass is 19.1. The van der Waals surface area contributed by atoms with Gasteiger partial charge in [-0.25, -0.2) is 8.78 Å². The van der Waals surface area contributed by atoms with Crippen LogP contribution in [0, 0.1) is 11.6 Å². The first-order valence-electron chi connectivity index (χ1n) is 10.3. The normalized spacial score (nSPS) is 16.6. The van der Waals surface area contributed by atoms with E-state index in [-0.39, 0.29) is 11.7 Å². The molecule has 4 rings (SSSR count). The molecule has 1 atom stereocenters. The molecule has 0 amide bonds. The number of hydrogen-bond donors (Lipinski definition) is 2. The molecule has 2 aromatic carbocycles. The molecule has 1 unspecified atom stereocenters. The molecule has 1 fully saturated rings. The van der Waals surface area contributed by atoms with E-state index in [0.29, 0.717) is 33.9 Å². The molecule has 1 aliphatic rings. The lowest BCUT2D eigenvalue weighted by molar-refractivity contribution is 0.192. The van der Waals surface area contributed by atoms with Gasteiger partial charge < -0.3 is 15.0 Å². The molecule has 0 aliphatic carbocycles. The maximum Gasteiger partial charge on any atom is 0.198 e. The second kappa shape index (κ2) is 8.44. The van der Waals surface area contributed by atoms with Crippen LogP contribution in [-0.4, -0.2) is 53.4 Å². The summed E-state index contributed by atoms with van der Waals surface area (Å²) in [5.41, 5.74) is 1.95. The van der Waals surface area contributed by atoms with Crippen LogP contribution in [0.3, 0.4) is 0 Å². The van der Waals surface area contributed by atoms with E-state index in [1.165, 1.54) is 24.4 Å². The van der Waals surface area contributed by atoms with Gasteiger partial charge in [-0.15, -0.1) is 0 Å². The number of nitrogens with one attached hydrogen (secondary N) is 1. The average Bonchev–Trinajstić information content (AvgIpc) is 3.05. The van der Waals surface area contributed by atoms with Gasteiger partial charge in [-0.05, 0) is 43.7 Å². The number of anilines is 1. The van der Waals surface area contributed by atoms with Crippen molar-refractivity contribution in [1.29, 1.82) is 0 Å². The van der Waals surface area contributed by atoms with Gasteiger partial charge in [0.25, 0.3) is 0 Å². The second-order valence-electron chi connectivity index (χ2n) is 7.75. The predicted octanol–water partition coefficient (Wildman–Crippen LogP) is 4.82. The molecule has 1 saturated heterocycles. The van der Waals surface area contributed by atoms with Crippen LogP contribution in [0.4, 0.5) is 20.2 Å². The van der Waals surface area contributed by atoms with E-state index >= 15 is 0 Å². The number of hydrogen-bond acceptors (Lipinski definition) is 4.